The van der Waals surface area contributed by atoms with Crippen molar-refractivity contribution in [2.75, 3.05) is 13.0 Å². The van der Waals surface area contributed by atoms with E-state index in [2.05, 4.69) is 20.7 Å². The molecular weight excluding hydrogens is 311 g/mol. The van der Waals surface area contributed by atoms with Crippen molar-refractivity contribution in [1.29, 1.82) is 0 Å². The number of methoxy groups -OCH3 is 1. The Morgan fingerprint density at radius 2 is 2.18 bits per heavy atom. The lowest BCUT2D eigenvalue weighted by molar-refractivity contribution is 0.0322. The van der Waals surface area contributed by atoms with Gasteiger partial charge in [0.1, 0.15) is 6.10 Å². The lowest BCUT2D eigenvalue weighted by Gasteiger charge is -2.17. The van der Waals surface area contributed by atoms with Crippen LogP contribution in [0, 0.1) is 0 Å². The van der Waals surface area contributed by atoms with Crippen molar-refractivity contribution in [2.24, 2.45) is 0 Å². The summed E-state index contributed by atoms with van der Waals surface area (Å²) in [5, 5.41) is 19.2. The fourth-order valence-corrected chi connectivity index (χ4v) is 2.09. The summed E-state index contributed by atoms with van der Waals surface area (Å²) < 4.78 is 5.08. The summed E-state index contributed by atoms with van der Waals surface area (Å²) in [5.74, 6) is -0.545. The number of hydrogen-bond donors (Lipinski definition) is 2. The van der Waals surface area contributed by atoms with E-state index in [1.54, 1.807) is 0 Å². The molecule has 2 unspecified atom stereocenters. The van der Waals surface area contributed by atoms with Gasteiger partial charge >= 0.3 is 5.97 Å². The van der Waals surface area contributed by atoms with Crippen LogP contribution in [0.2, 0.25) is 0 Å². The van der Waals surface area contributed by atoms with Crippen LogP contribution in [-0.2, 0) is 4.74 Å². The van der Waals surface area contributed by atoms with Gasteiger partial charge in [-0.2, -0.15) is 0 Å². The maximum atomic E-state index is 11.3. The molecular formula is C11H12BrClO4. The molecule has 2 N–H and O–H groups in total. The Morgan fingerprint density at radius 1 is 1.53 bits per heavy atom. The minimum atomic E-state index is -1.10. The van der Waals surface area contributed by atoms with Crippen molar-refractivity contribution in [1.82, 2.24) is 0 Å². The molecule has 6 heteroatoms. The van der Waals surface area contributed by atoms with Gasteiger partial charge in [0.2, 0.25) is 0 Å². The second-order valence-corrected chi connectivity index (χ2v) is 4.56. The molecule has 0 radical (unpaired) electrons. The van der Waals surface area contributed by atoms with E-state index < -0.39 is 18.2 Å². The van der Waals surface area contributed by atoms with Crippen LogP contribution in [0.15, 0.2) is 22.7 Å². The summed E-state index contributed by atoms with van der Waals surface area (Å²) >= 11 is 8.67. The quantitative estimate of drug-likeness (QED) is 0.656. The van der Waals surface area contributed by atoms with Crippen molar-refractivity contribution >= 4 is 33.5 Å². The number of hydrogen-bond acceptors (Lipinski definition) is 4. The van der Waals surface area contributed by atoms with Gasteiger partial charge in [0.25, 0.3) is 0 Å². The van der Waals surface area contributed by atoms with Gasteiger partial charge < -0.3 is 14.9 Å². The van der Waals surface area contributed by atoms with Gasteiger partial charge in [0, 0.05) is 4.47 Å². The van der Waals surface area contributed by atoms with Crippen molar-refractivity contribution < 1.29 is 19.7 Å². The highest BCUT2D eigenvalue weighted by Crippen LogP contribution is 2.27. The topological polar surface area (TPSA) is 66.8 Å². The number of aliphatic hydroxyl groups is 2. The van der Waals surface area contributed by atoms with Crippen molar-refractivity contribution in [3.63, 3.8) is 0 Å². The predicted octanol–water partition coefficient (Wildman–Crippen LogP) is 1.87. The molecule has 1 aromatic rings. The lowest BCUT2D eigenvalue weighted by atomic mass is 10.0. The molecule has 0 aromatic heterocycles. The molecule has 0 aliphatic carbocycles. The Hall–Kier alpha value is -0.620. The number of esters is 1. The standard InChI is InChI=1S/C11H12BrClO4/c1-17-11(16)6-2-3-7(8(12)4-6)10(15)9(14)5-13/h2-4,9-10,14-15H,5H2,1H3. The van der Waals surface area contributed by atoms with E-state index in [4.69, 9.17) is 11.6 Å². The molecule has 2 atom stereocenters. The van der Waals surface area contributed by atoms with Crippen LogP contribution in [0.4, 0.5) is 0 Å². The van der Waals surface area contributed by atoms with E-state index >= 15 is 0 Å². The van der Waals surface area contributed by atoms with Crippen LogP contribution in [0.1, 0.15) is 22.0 Å². The van der Waals surface area contributed by atoms with Gasteiger partial charge in [0.15, 0.2) is 0 Å². The third-order valence-electron chi connectivity index (χ3n) is 2.26. The molecule has 94 valence electrons. The van der Waals surface area contributed by atoms with Gasteiger partial charge in [-0.25, -0.2) is 4.79 Å². The minimum absolute atomic E-state index is 0.0770. The number of alkyl halides is 1. The molecule has 1 rings (SSSR count). The minimum Gasteiger partial charge on any atom is -0.465 e. The number of benzene rings is 1. The molecule has 0 saturated carbocycles. The van der Waals surface area contributed by atoms with Crippen LogP contribution < -0.4 is 0 Å². The molecule has 17 heavy (non-hydrogen) atoms. The van der Waals surface area contributed by atoms with Crippen LogP contribution in [0.3, 0.4) is 0 Å². The highest BCUT2D eigenvalue weighted by atomic mass is 79.9. The van der Waals surface area contributed by atoms with Crippen molar-refractivity contribution in [2.45, 2.75) is 12.2 Å². The normalized spacial score (nSPS) is 14.2. The highest BCUT2D eigenvalue weighted by Gasteiger charge is 2.20. The SMILES string of the molecule is COC(=O)c1ccc(C(O)C(O)CCl)c(Br)c1. The summed E-state index contributed by atoms with van der Waals surface area (Å²) in [6.45, 7) is 0. The van der Waals surface area contributed by atoms with E-state index in [-0.39, 0.29) is 5.88 Å². The fraction of sp³-hybridized carbons (Fsp3) is 0.364. The summed E-state index contributed by atoms with van der Waals surface area (Å²) in [6, 6.07) is 4.57. The first-order valence-corrected chi connectivity index (χ1v) is 6.13. The van der Waals surface area contributed by atoms with Gasteiger partial charge in [-0.15, -0.1) is 11.6 Å². The van der Waals surface area contributed by atoms with Crippen LogP contribution in [0.25, 0.3) is 0 Å². The number of carbonyl (C=O) groups excluding carboxylic acids is 1. The molecule has 0 fully saturated rings. The monoisotopic (exact) mass is 322 g/mol. The summed E-state index contributed by atoms with van der Waals surface area (Å²) in [4.78, 5) is 11.3. The van der Waals surface area contributed by atoms with Crippen LogP contribution >= 0.6 is 27.5 Å². The Bertz CT molecular complexity index is 410. The Kier molecular flexibility index (Phi) is 5.39. The number of rotatable bonds is 4. The summed E-state index contributed by atoms with van der Waals surface area (Å²) in [7, 11) is 1.29. The third kappa shape index (κ3) is 3.42. The maximum Gasteiger partial charge on any atom is 0.337 e. The zero-order valence-corrected chi connectivity index (χ0v) is 11.4. The number of aliphatic hydroxyl groups excluding tert-OH is 2. The average Bonchev–Trinajstić information content (AvgIpc) is 2.35. The van der Waals surface area contributed by atoms with E-state index in [1.807, 2.05) is 0 Å². The zero-order valence-electron chi connectivity index (χ0n) is 9.06. The molecule has 0 spiro atoms. The Balaban J connectivity index is 3.01. The molecule has 0 heterocycles. The van der Waals surface area contributed by atoms with Gasteiger partial charge in [-0.1, -0.05) is 22.0 Å². The lowest BCUT2D eigenvalue weighted by Crippen LogP contribution is -2.20. The van der Waals surface area contributed by atoms with Crippen LogP contribution in [0.5, 0.6) is 0 Å². The second-order valence-electron chi connectivity index (χ2n) is 3.39. The Labute approximate surface area is 112 Å². The largest absolute Gasteiger partial charge is 0.465 e. The van der Waals surface area contributed by atoms with Gasteiger partial charge in [-0.3, -0.25) is 0 Å². The number of ether oxygens (including phenoxy) is 1. The van der Waals surface area contributed by atoms with Gasteiger partial charge in [-0.05, 0) is 17.7 Å². The summed E-state index contributed by atoms with van der Waals surface area (Å²) in [5.41, 5.74) is 0.821. The third-order valence-corrected chi connectivity index (χ3v) is 3.27. The molecule has 1 aromatic carbocycles. The number of halogens is 2. The van der Waals surface area contributed by atoms with E-state index in [9.17, 15) is 15.0 Å². The molecule has 0 aliphatic rings. The number of carbonyl (C=O) groups is 1. The van der Waals surface area contributed by atoms with Gasteiger partial charge in [0.05, 0.1) is 24.7 Å². The summed E-state index contributed by atoms with van der Waals surface area (Å²) in [6.07, 6.45) is -2.16. The van der Waals surface area contributed by atoms with Crippen LogP contribution in [-0.4, -0.2) is 35.3 Å². The first kappa shape index (κ1) is 14.4. The molecule has 0 bridgehead atoms. The van der Waals surface area contributed by atoms with Crippen molar-refractivity contribution in [3.05, 3.63) is 33.8 Å². The van der Waals surface area contributed by atoms with E-state index in [0.29, 0.717) is 15.6 Å². The molecule has 0 aliphatic heterocycles. The van der Waals surface area contributed by atoms with E-state index in [0.717, 1.165) is 0 Å². The Morgan fingerprint density at radius 3 is 2.65 bits per heavy atom. The zero-order chi connectivity index (χ0) is 13.0. The molecule has 0 amide bonds. The molecule has 4 nitrogen and oxygen atoms in total. The van der Waals surface area contributed by atoms with E-state index in [1.165, 1.54) is 25.3 Å². The second kappa shape index (κ2) is 6.35. The molecule has 0 saturated heterocycles. The first-order chi connectivity index (χ1) is 8.01. The highest BCUT2D eigenvalue weighted by molar-refractivity contribution is 9.10. The maximum absolute atomic E-state index is 11.3. The first-order valence-electron chi connectivity index (χ1n) is 4.81. The smallest absolute Gasteiger partial charge is 0.337 e. The average molecular weight is 324 g/mol. The predicted molar refractivity (Wildman–Crippen MR) is 67.2 cm³/mol. The fourth-order valence-electron chi connectivity index (χ4n) is 1.30. The van der Waals surface area contributed by atoms with Crippen molar-refractivity contribution in [3.8, 4) is 0 Å².